The van der Waals surface area contributed by atoms with Gasteiger partial charge in [0.15, 0.2) is 5.16 Å². The Labute approximate surface area is 189 Å². The van der Waals surface area contributed by atoms with Crippen LogP contribution in [0.5, 0.6) is 0 Å². The van der Waals surface area contributed by atoms with E-state index in [0.717, 1.165) is 28.5 Å². The van der Waals surface area contributed by atoms with Crippen molar-refractivity contribution in [1.82, 2.24) is 15.3 Å². The molecule has 0 spiro atoms. The van der Waals surface area contributed by atoms with Gasteiger partial charge in [0.25, 0.3) is 10.0 Å². The third kappa shape index (κ3) is 4.39. The maximum Gasteiger partial charge on any atom is 0.267 e. The van der Waals surface area contributed by atoms with Crippen LogP contribution in [0.25, 0.3) is 11.3 Å². The Morgan fingerprint density at radius 2 is 1.94 bits per heavy atom. The first-order valence-electron chi connectivity index (χ1n) is 9.36. The number of aryl methyl sites for hydroxylation is 1. The third-order valence-electron chi connectivity index (χ3n) is 4.85. The summed E-state index contributed by atoms with van der Waals surface area (Å²) in [4.78, 5) is 20.9. The Morgan fingerprint density at radius 1 is 1.19 bits per heavy atom. The summed E-state index contributed by atoms with van der Waals surface area (Å²) in [5, 5.41) is 3.81. The van der Waals surface area contributed by atoms with Crippen LogP contribution in [-0.2, 0) is 21.4 Å². The van der Waals surface area contributed by atoms with Crippen molar-refractivity contribution >= 4 is 45.0 Å². The zero-order chi connectivity index (χ0) is 22.2. The van der Waals surface area contributed by atoms with Crippen molar-refractivity contribution in [1.29, 1.82) is 0 Å². The number of nitrogens with zero attached hydrogens (tertiary/aromatic N) is 3. The first-order valence-corrected chi connectivity index (χ1v) is 12.2. The lowest BCUT2D eigenvalue weighted by atomic mass is 10.1. The molecule has 0 radical (unpaired) electrons. The standard InChI is InChI=1S/C21H19ClN4O3S2/c1-13-3-8-17-16(9-13)20-18(31(28,29)26(17)2)11-24-21(25-20)30-12-19(27)23-10-14-4-6-15(22)7-5-14/h3-9,11H,10,12H2,1-2H3,(H,23,27). The van der Waals surface area contributed by atoms with Crippen LogP contribution in [0, 0.1) is 6.92 Å². The first kappa shape index (κ1) is 21.6. The maximum atomic E-state index is 12.8. The van der Waals surface area contributed by atoms with Crippen LogP contribution in [-0.4, -0.2) is 37.1 Å². The van der Waals surface area contributed by atoms with E-state index in [1.54, 1.807) is 18.2 Å². The van der Waals surface area contributed by atoms with Gasteiger partial charge in [-0.3, -0.25) is 9.10 Å². The molecule has 2 aromatic carbocycles. The SMILES string of the molecule is Cc1ccc2c(c1)-c1nc(SCC(=O)NCc3ccc(Cl)cc3)ncc1S(=O)(=O)N2C. The number of fused-ring (bicyclic) bond motifs is 3. The topological polar surface area (TPSA) is 92.3 Å². The van der Waals surface area contributed by atoms with Crippen molar-refractivity contribution in [2.75, 3.05) is 17.1 Å². The molecule has 10 heteroatoms. The van der Waals surface area contributed by atoms with E-state index >= 15 is 0 Å². The van der Waals surface area contributed by atoms with Crippen LogP contribution >= 0.6 is 23.4 Å². The average Bonchev–Trinajstić information content (AvgIpc) is 2.75. The molecule has 0 unspecified atom stereocenters. The van der Waals surface area contributed by atoms with Crippen molar-refractivity contribution in [2.45, 2.75) is 23.5 Å². The molecule has 2 heterocycles. The zero-order valence-electron chi connectivity index (χ0n) is 16.8. The van der Waals surface area contributed by atoms with Gasteiger partial charge >= 0.3 is 0 Å². The fraction of sp³-hybridized carbons (Fsp3) is 0.190. The maximum absolute atomic E-state index is 12.8. The minimum atomic E-state index is -3.73. The highest BCUT2D eigenvalue weighted by Crippen LogP contribution is 2.41. The second-order valence-electron chi connectivity index (χ2n) is 7.05. The van der Waals surface area contributed by atoms with Crippen LogP contribution in [0.2, 0.25) is 5.02 Å². The van der Waals surface area contributed by atoms with Crippen LogP contribution in [0.1, 0.15) is 11.1 Å². The summed E-state index contributed by atoms with van der Waals surface area (Å²) >= 11 is 7.02. The molecule has 1 aliphatic heterocycles. The predicted molar refractivity (Wildman–Crippen MR) is 122 cm³/mol. The van der Waals surface area contributed by atoms with E-state index in [-0.39, 0.29) is 16.6 Å². The van der Waals surface area contributed by atoms with Gasteiger partial charge in [-0.25, -0.2) is 18.4 Å². The number of aromatic nitrogens is 2. The average molecular weight is 475 g/mol. The minimum absolute atomic E-state index is 0.0599. The van der Waals surface area contributed by atoms with Gasteiger partial charge in [-0.15, -0.1) is 0 Å². The summed E-state index contributed by atoms with van der Waals surface area (Å²) in [7, 11) is -2.21. The van der Waals surface area contributed by atoms with E-state index in [0.29, 0.717) is 28.1 Å². The number of sulfonamides is 1. The number of hydrogen-bond acceptors (Lipinski definition) is 6. The first-order chi connectivity index (χ1) is 14.8. The normalized spacial score (nSPS) is 14.0. The Hall–Kier alpha value is -2.62. The molecule has 0 saturated carbocycles. The second kappa shape index (κ2) is 8.49. The molecular weight excluding hydrogens is 456 g/mol. The van der Waals surface area contributed by atoms with Gasteiger partial charge in [0.2, 0.25) is 5.91 Å². The third-order valence-corrected chi connectivity index (χ3v) is 7.74. The van der Waals surface area contributed by atoms with Gasteiger partial charge in [-0.05, 0) is 36.8 Å². The Balaban J connectivity index is 1.51. The highest BCUT2D eigenvalue weighted by atomic mass is 35.5. The summed E-state index contributed by atoms with van der Waals surface area (Å²) in [6, 6.07) is 12.8. The van der Waals surface area contributed by atoms with E-state index < -0.39 is 10.0 Å². The van der Waals surface area contributed by atoms with Crippen molar-refractivity contribution in [3.05, 3.63) is 64.8 Å². The van der Waals surface area contributed by atoms with Gasteiger partial charge in [0.05, 0.1) is 23.3 Å². The largest absolute Gasteiger partial charge is 0.351 e. The van der Waals surface area contributed by atoms with Gasteiger partial charge < -0.3 is 5.32 Å². The molecule has 4 rings (SSSR count). The van der Waals surface area contributed by atoms with Crippen LogP contribution < -0.4 is 9.62 Å². The fourth-order valence-corrected chi connectivity index (χ4v) is 5.25. The molecule has 0 fully saturated rings. The van der Waals surface area contributed by atoms with Gasteiger partial charge in [0, 0.05) is 24.2 Å². The number of rotatable bonds is 5. The van der Waals surface area contributed by atoms with Gasteiger partial charge in [0.1, 0.15) is 4.90 Å². The molecule has 1 aliphatic rings. The highest BCUT2D eigenvalue weighted by Gasteiger charge is 2.34. The quantitative estimate of drug-likeness (QED) is 0.448. The molecule has 160 valence electrons. The van der Waals surface area contributed by atoms with Crippen molar-refractivity contribution in [2.24, 2.45) is 0 Å². The number of nitrogens with one attached hydrogen (secondary N) is 1. The lowest BCUT2D eigenvalue weighted by Gasteiger charge is -2.28. The van der Waals surface area contributed by atoms with Crippen molar-refractivity contribution in [3.63, 3.8) is 0 Å². The Morgan fingerprint density at radius 3 is 2.68 bits per heavy atom. The molecule has 1 aromatic heterocycles. The molecule has 0 aliphatic carbocycles. The van der Waals surface area contributed by atoms with Crippen LogP contribution in [0.15, 0.2) is 58.7 Å². The smallest absolute Gasteiger partial charge is 0.267 e. The number of carbonyl (C=O) groups is 1. The van der Waals surface area contributed by atoms with Crippen molar-refractivity contribution in [3.8, 4) is 11.3 Å². The Kier molecular flexibility index (Phi) is 5.92. The summed E-state index contributed by atoms with van der Waals surface area (Å²) < 4.78 is 26.9. The number of anilines is 1. The van der Waals surface area contributed by atoms with E-state index in [4.69, 9.17) is 11.6 Å². The fourth-order valence-electron chi connectivity index (χ4n) is 3.18. The number of hydrogen-bond donors (Lipinski definition) is 1. The molecule has 31 heavy (non-hydrogen) atoms. The molecule has 1 N–H and O–H groups in total. The second-order valence-corrected chi connectivity index (χ2v) is 10.4. The number of benzene rings is 2. The summed E-state index contributed by atoms with van der Waals surface area (Å²) in [5.41, 5.74) is 3.58. The van der Waals surface area contributed by atoms with E-state index in [2.05, 4.69) is 15.3 Å². The molecule has 0 bridgehead atoms. The van der Waals surface area contributed by atoms with E-state index in [9.17, 15) is 13.2 Å². The van der Waals surface area contributed by atoms with E-state index in [1.807, 2.05) is 31.2 Å². The monoisotopic (exact) mass is 474 g/mol. The Bertz CT molecular complexity index is 1260. The van der Waals surface area contributed by atoms with Gasteiger partial charge in [-0.2, -0.15) is 0 Å². The highest BCUT2D eigenvalue weighted by molar-refractivity contribution is 7.99. The van der Waals surface area contributed by atoms with E-state index in [1.165, 1.54) is 17.5 Å². The van der Waals surface area contributed by atoms with Gasteiger partial charge in [-0.1, -0.05) is 47.1 Å². The minimum Gasteiger partial charge on any atom is -0.351 e. The van der Waals surface area contributed by atoms with Crippen LogP contribution in [0.3, 0.4) is 0 Å². The number of halogens is 1. The summed E-state index contributed by atoms with van der Waals surface area (Å²) in [5.74, 6) is -0.0652. The molecule has 0 atom stereocenters. The van der Waals surface area contributed by atoms with Crippen LogP contribution in [0.4, 0.5) is 5.69 Å². The molecular formula is C21H19ClN4O3S2. The predicted octanol–water partition coefficient (Wildman–Crippen LogP) is 3.65. The summed E-state index contributed by atoms with van der Waals surface area (Å²) in [6.45, 7) is 2.32. The zero-order valence-corrected chi connectivity index (χ0v) is 19.2. The molecule has 0 saturated heterocycles. The number of amides is 1. The summed E-state index contributed by atoms with van der Waals surface area (Å²) in [6.07, 6.45) is 1.31. The molecule has 1 amide bonds. The number of thioether (sulfide) groups is 1. The lowest BCUT2D eigenvalue weighted by molar-refractivity contribution is -0.118. The lowest BCUT2D eigenvalue weighted by Crippen LogP contribution is -2.31. The number of carbonyl (C=O) groups excluding carboxylic acids is 1. The molecule has 7 nitrogen and oxygen atoms in total. The van der Waals surface area contributed by atoms with Crippen molar-refractivity contribution < 1.29 is 13.2 Å². The molecule has 3 aromatic rings.